The molecule has 0 aliphatic carbocycles. The predicted molar refractivity (Wildman–Crippen MR) is 36.3 cm³/mol. The fourth-order valence-corrected chi connectivity index (χ4v) is 1.14. The number of aliphatic hydroxyl groups is 1. The number of hydrogen-bond acceptors (Lipinski definition) is 3. The van der Waals surface area contributed by atoms with Gasteiger partial charge in [0.1, 0.15) is 5.60 Å². The molecule has 4 nitrogen and oxygen atoms in total. The molecule has 1 unspecified atom stereocenters. The van der Waals surface area contributed by atoms with Gasteiger partial charge in [0.2, 0.25) is 5.91 Å². The van der Waals surface area contributed by atoms with Crippen LogP contribution in [-0.4, -0.2) is 41.7 Å². The van der Waals surface area contributed by atoms with Crippen LogP contribution in [0.3, 0.4) is 0 Å². The van der Waals surface area contributed by atoms with Crippen LogP contribution in [-0.2, 0) is 4.79 Å². The highest BCUT2D eigenvalue weighted by atomic mass is 16.3. The van der Waals surface area contributed by atoms with Crippen molar-refractivity contribution < 1.29 is 9.90 Å². The molecule has 0 radical (unpaired) electrons. The summed E-state index contributed by atoms with van der Waals surface area (Å²) in [7, 11) is 1.66. The molecule has 0 aromatic carbocycles. The van der Waals surface area contributed by atoms with E-state index in [1.54, 1.807) is 7.05 Å². The lowest BCUT2D eigenvalue weighted by Gasteiger charge is -2.17. The third-order valence-electron chi connectivity index (χ3n) is 1.82. The topological polar surface area (TPSA) is 66.6 Å². The number of hydrogen-bond donors (Lipinski definition) is 2. The zero-order chi connectivity index (χ0) is 7.78. The second-order valence-electron chi connectivity index (χ2n) is 2.86. The molecule has 10 heavy (non-hydrogen) atoms. The Balaban J connectivity index is 2.64. The maximum atomic E-state index is 10.9. The van der Waals surface area contributed by atoms with Crippen molar-refractivity contribution in [2.45, 2.75) is 12.0 Å². The van der Waals surface area contributed by atoms with Crippen LogP contribution >= 0.6 is 0 Å². The molecule has 1 fully saturated rings. The van der Waals surface area contributed by atoms with Gasteiger partial charge in [-0.2, -0.15) is 0 Å². The SMILES string of the molecule is CN1CC(O)(CN)CC1=O. The second kappa shape index (κ2) is 2.21. The Bertz CT molecular complexity index is 160. The van der Waals surface area contributed by atoms with Gasteiger partial charge in [-0.25, -0.2) is 0 Å². The van der Waals surface area contributed by atoms with Gasteiger partial charge in [-0.3, -0.25) is 4.79 Å². The monoisotopic (exact) mass is 144 g/mol. The lowest BCUT2D eigenvalue weighted by atomic mass is 10.0. The fourth-order valence-electron chi connectivity index (χ4n) is 1.14. The Kier molecular flexibility index (Phi) is 1.66. The van der Waals surface area contributed by atoms with E-state index in [0.29, 0.717) is 6.54 Å². The summed E-state index contributed by atoms with van der Waals surface area (Å²) >= 11 is 0. The average molecular weight is 144 g/mol. The van der Waals surface area contributed by atoms with E-state index in [-0.39, 0.29) is 18.9 Å². The molecule has 1 amide bonds. The van der Waals surface area contributed by atoms with Gasteiger partial charge < -0.3 is 15.7 Å². The molecule has 0 aromatic heterocycles. The smallest absolute Gasteiger partial charge is 0.225 e. The van der Waals surface area contributed by atoms with Crippen LogP contribution in [0.4, 0.5) is 0 Å². The van der Waals surface area contributed by atoms with Crippen molar-refractivity contribution in [3.8, 4) is 0 Å². The second-order valence-corrected chi connectivity index (χ2v) is 2.86. The van der Waals surface area contributed by atoms with Crippen molar-refractivity contribution in [2.24, 2.45) is 5.73 Å². The van der Waals surface area contributed by atoms with Crippen LogP contribution in [0.25, 0.3) is 0 Å². The molecule has 1 aliphatic heterocycles. The first-order chi connectivity index (χ1) is 4.57. The summed E-state index contributed by atoms with van der Waals surface area (Å²) in [6.45, 7) is 0.519. The molecule has 3 N–H and O–H groups in total. The number of likely N-dealkylation sites (N-methyl/N-ethyl adjacent to an activating group) is 1. The van der Waals surface area contributed by atoms with E-state index in [0.717, 1.165) is 0 Å². The van der Waals surface area contributed by atoms with Gasteiger partial charge in [-0.15, -0.1) is 0 Å². The van der Waals surface area contributed by atoms with E-state index in [2.05, 4.69) is 0 Å². The summed E-state index contributed by atoms with van der Waals surface area (Å²) in [4.78, 5) is 12.4. The number of rotatable bonds is 1. The van der Waals surface area contributed by atoms with E-state index < -0.39 is 5.60 Å². The Morgan fingerprint density at radius 2 is 2.50 bits per heavy atom. The third kappa shape index (κ3) is 1.12. The molecule has 1 heterocycles. The zero-order valence-electron chi connectivity index (χ0n) is 6.00. The number of likely N-dealkylation sites (tertiary alicyclic amines) is 1. The summed E-state index contributed by atoms with van der Waals surface area (Å²) in [5.74, 6) is -0.0343. The minimum atomic E-state index is -0.966. The van der Waals surface area contributed by atoms with Gasteiger partial charge >= 0.3 is 0 Å². The van der Waals surface area contributed by atoms with E-state index in [4.69, 9.17) is 5.73 Å². The predicted octanol–water partition coefficient (Wildman–Crippen LogP) is -1.46. The molecule has 1 saturated heterocycles. The largest absolute Gasteiger partial charge is 0.386 e. The molecule has 1 aliphatic rings. The van der Waals surface area contributed by atoms with E-state index in [1.807, 2.05) is 0 Å². The Hall–Kier alpha value is -0.610. The van der Waals surface area contributed by atoms with Gasteiger partial charge in [0, 0.05) is 13.6 Å². The molecule has 1 rings (SSSR count). The van der Waals surface area contributed by atoms with Crippen LogP contribution in [0.15, 0.2) is 0 Å². The fraction of sp³-hybridized carbons (Fsp3) is 0.833. The molecule has 0 aromatic rings. The van der Waals surface area contributed by atoms with Crippen LogP contribution in [0, 0.1) is 0 Å². The van der Waals surface area contributed by atoms with Crippen molar-refractivity contribution in [2.75, 3.05) is 20.1 Å². The van der Waals surface area contributed by atoms with Crippen molar-refractivity contribution in [1.29, 1.82) is 0 Å². The van der Waals surface area contributed by atoms with Gasteiger partial charge in [0.25, 0.3) is 0 Å². The third-order valence-corrected chi connectivity index (χ3v) is 1.82. The highest BCUT2D eigenvalue weighted by molar-refractivity contribution is 5.79. The lowest BCUT2D eigenvalue weighted by Crippen LogP contribution is -2.39. The highest BCUT2D eigenvalue weighted by Gasteiger charge is 2.38. The van der Waals surface area contributed by atoms with Crippen molar-refractivity contribution in [3.05, 3.63) is 0 Å². The number of amides is 1. The molecule has 4 heteroatoms. The first kappa shape index (κ1) is 7.50. The molecule has 0 spiro atoms. The summed E-state index contributed by atoms with van der Waals surface area (Å²) in [5.41, 5.74) is 4.30. The maximum absolute atomic E-state index is 10.9. The summed E-state index contributed by atoms with van der Waals surface area (Å²) < 4.78 is 0. The number of carbonyl (C=O) groups is 1. The number of β-amino-alcohol motifs (C(OH)–C–C–N with tert-alkyl or cyclic N) is 1. The van der Waals surface area contributed by atoms with E-state index in [9.17, 15) is 9.90 Å². The van der Waals surface area contributed by atoms with Gasteiger partial charge in [0.15, 0.2) is 0 Å². The van der Waals surface area contributed by atoms with Crippen LogP contribution < -0.4 is 5.73 Å². The van der Waals surface area contributed by atoms with Gasteiger partial charge in [-0.1, -0.05) is 0 Å². The summed E-state index contributed by atoms with van der Waals surface area (Å²) in [6, 6.07) is 0. The van der Waals surface area contributed by atoms with E-state index >= 15 is 0 Å². The molecule has 1 atom stereocenters. The van der Waals surface area contributed by atoms with Gasteiger partial charge in [-0.05, 0) is 0 Å². The molecular weight excluding hydrogens is 132 g/mol. The summed E-state index contributed by atoms with van der Waals surface area (Å²) in [5, 5.41) is 9.45. The molecule has 0 bridgehead atoms. The quantitative estimate of drug-likeness (QED) is 0.472. The van der Waals surface area contributed by atoms with Crippen molar-refractivity contribution in [3.63, 3.8) is 0 Å². The van der Waals surface area contributed by atoms with Gasteiger partial charge in [0.05, 0.1) is 13.0 Å². The normalized spacial score (nSPS) is 33.5. The first-order valence-electron chi connectivity index (χ1n) is 3.24. The van der Waals surface area contributed by atoms with Crippen molar-refractivity contribution >= 4 is 5.91 Å². The Labute approximate surface area is 59.6 Å². The maximum Gasteiger partial charge on any atom is 0.225 e. The lowest BCUT2D eigenvalue weighted by molar-refractivity contribution is -0.126. The van der Waals surface area contributed by atoms with Crippen LogP contribution in [0.1, 0.15) is 6.42 Å². The minimum absolute atomic E-state index is 0.0343. The van der Waals surface area contributed by atoms with Crippen LogP contribution in [0.5, 0.6) is 0 Å². The number of nitrogens with two attached hydrogens (primary N) is 1. The standard InChI is InChI=1S/C6H12N2O2/c1-8-4-6(10,3-7)2-5(8)9/h10H,2-4,7H2,1H3. The Morgan fingerprint density at radius 3 is 2.70 bits per heavy atom. The molecule has 0 saturated carbocycles. The molecule has 58 valence electrons. The van der Waals surface area contributed by atoms with Crippen molar-refractivity contribution in [1.82, 2.24) is 4.90 Å². The van der Waals surface area contributed by atoms with Crippen LogP contribution in [0.2, 0.25) is 0 Å². The average Bonchev–Trinajstić information content (AvgIpc) is 2.10. The number of nitrogens with zero attached hydrogens (tertiary/aromatic N) is 1. The zero-order valence-corrected chi connectivity index (χ0v) is 6.00. The minimum Gasteiger partial charge on any atom is -0.386 e. The van der Waals surface area contributed by atoms with E-state index in [1.165, 1.54) is 4.90 Å². The number of carbonyl (C=O) groups excluding carboxylic acids is 1. The molecular formula is C6H12N2O2. The first-order valence-corrected chi connectivity index (χ1v) is 3.24. The summed E-state index contributed by atoms with van der Waals surface area (Å²) in [6.07, 6.45) is 0.167. The highest BCUT2D eigenvalue weighted by Crippen LogP contribution is 2.18. The Morgan fingerprint density at radius 1 is 1.90 bits per heavy atom.